The van der Waals surface area contributed by atoms with Gasteiger partial charge in [-0.2, -0.15) is 18.2 Å². The molecule has 7 heteroatoms. The molecule has 4 nitrogen and oxygen atoms in total. The van der Waals surface area contributed by atoms with Gasteiger partial charge in [0.2, 0.25) is 5.95 Å². The summed E-state index contributed by atoms with van der Waals surface area (Å²) in [4.78, 5) is 7.90. The van der Waals surface area contributed by atoms with Crippen LogP contribution in [-0.4, -0.2) is 9.97 Å². The van der Waals surface area contributed by atoms with Gasteiger partial charge in [-0.25, -0.2) is 4.98 Å². The minimum Gasteiger partial charge on any atom is -0.383 e. The smallest absolute Gasteiger partial charge is 0.383 e. The number of nitrogens with two attached hydrogens (primary N) is 2. The molecule has 0 spiro atoms. The number of alkyl halides is 3. The maximum Gasteiger partial charge on any atom is 0.416 e. The van der Waals surface area contributed by atoms with Crippen LogP contribution in [0.15, 0.2) is 24.3 Å². The number of nitrogens with zero attached hydrogens (tertiary/aromatic N) is 2. The molecule has 0 aliphatic heterocycles. The molecular formula is C15H17F3N4. The molecule has 118 valence electrons. The van der Waals surface area contributed by atoms with Crippen molar-refractivity contribution in [1.82, 2.24) is 9.97 Å². The van der Waals surface area contributed by atoms with Crippen molar-refractivity contribution in [2.45, 2.75) is 32.4 Å². The van der Waals surface area contributed by atoms with Crippen LogP contribution in [0.1, 0.15) is 28.8 Å². The third kappa shape index (κ3) is 3.66. The van der Waals surface area contributed by atoms with E-state index in [-0.39, 0.29) is 17.3 Å². The van der Waals surface area contributed by atoms with Gasteiger partial charge in [0.1, 0.15) is 5.82 Å². The van der Waals surface area contributed by atoms with E-state index in [0.717, 1.165) is 11.6 Å². The Hall–Kier alpha value is -2.31. The summed E-state index contributed by atoms with van der Waals surface area (Å²) in [6.07, 6.45) is -3.01. The van der Waals surface area contributed by atoms with Crippen molar-refractivity contribution in [2.75, 3.05) is 11.5 Å². The van der Waals surface area contributed by atoms with Gasteiger partial charge in [-0.05, 0) is 37.8 Å². The molecule has 0 saturated heterocycles. The van der Waals surface area contributed by atoms with E-state index in [2.05, 4.69) is 9.97 Å². The first kappa shape index (κ1) is 16.1. The molecule has 1 aromatic heterocycles. The maximum atomic E-state index is 12.9. The molecule has 0 saturated carbocycles. The lowest BCUT2D eigenvalue weighted by Crippen LogP contribution is -2.10. The zero-order valence-electron chi connectivity index (χ0n) is 12.1. The summed E-state index contributed by atoms with van der Waals surface area (Å²) in [6, 6.07) is 5.60. The number of nitrogen functional groups attached to an aromatic ring is 2. The predicted octanol–water partition coefficient (Wildman–Crippen LogP) is 3.14. The van der Waals surface area contributed by atoms with Crippen LogP contribution in [-0.2, 0) is 19.0 Å². The minimum absolute atomic E-state index is 0.0983. The molecule has 4 N–H and O–H groups in total. The topological polar surface area (TPSA) is 77.8 Å². The summed E-state index contributed by atoms with van der Waals surface area (Å²) in [5.41, 5.74) is 12.4. The second-order valence-corrected chi connectivity index (χ2v) is 5.04. The van der Waals surface area contributed by atoms with E-state index in [4.69, 9.17) is 11.5 Å². The van der Waals surface area contributed by atoms with Crippen molar-refractivity contribution in [2.24, 2.45) is 0 Å². The second-order valence-electron chi connectivity index (χ2n) is 5.04. The minimum atomic E-state index is -4.34. The third-order valence-corrected chi connectivity index (χ3v) is 3.46. The van der Waals surface area contributed by atoms with E-state index < -0.39 is 11.7 Å². The first-order valence-electron chi connectivity index (χ1n) is 6.82. The lowest BCUT2D eigenvalue weighted by Gasteiger charge is -2.13. The molecule has 0 atom stereocenters. The number of halogens is 3. The fraction of sp³-hybridized carbons (Fsp3) is 0.333. The van der Waals surface area contributed by atoms with Crippen LogP contribution < -0.4 is 11.5 Å². The van der Waals surface area contributed by atoms with E-state index in [1.807, 2.05) is 0 Å². The SMILES string of the molecule is Cc1nc(N)nc(N)c1CCCc1ccccc1C(F)(F)F. The number of aryl methyl sites for hydroxylation is 2. The number of hydrogen-bond donors (Lipinski definition) is 2. The van der Waals surface area contributed by atoms with Crippen LogP contribution in [0, 0.1) is 6.92 Å². The maximum absolute atomic E-state index is 12.9. The highest BCUT2D eigenvalue weighted by atomic mass is 19.4. The normalized spacial score (nSPS) is 11.6. The van der Waals surface area contributed by atoms with Crippen LogP contribution in [0.4, 0.5) is 24.9 Å². The molecule has 2 rings (SSSR count). The van der Waals surface area contributed by atoms with Crippen molar-refractivity contribution < 1.29 is 13.2 Å². The quantitative estimate of drug-likeness (QED) is 0.909. The van der Waals surface area contributed by atoms with Crippen molar-refractivity contribution in [3.63, 3.8) is 0 Å². The third-order valence-electron chi connectivity index (χ3n) is 3.46. The van der Waals surface area contributed by atoms with E-state index >= 15 is 0 Å². The van der Waals surface area contributed by atoms with Gasteiger partial charge >= 0.3 is 6.18 Å². The summed E-state index contributed by atoms with van der Waals surface area (Å²) in [7, 11) is 0. The van der Waals surface area contributed by atoms with Gasteiger partial charge in [-0.3, -0.25) is 0 Å². The number of benzene rings is 1. The van der Waals surface area contributed by atoms with E-state index in [0.29, 0.717) is 25.0 Å². The van der Waals surface area contributed by atoms with Gasteiger partial charge in [0.25, 0.3) is 0 Å². The lowest BCUT2D eigenvalue weighted by atomic mass is 9.99. The molecule has 0 fully saturated rings. The molecule has 0 bridgehead atoms. The van der Waals surface area contributed by atoms with Gasteiger partial charge < -0.3 is 11.5 Å². The highest BCUT2D eigenvalue weighted by Gasteiger charge is 2.32. The standard InChI is InChI=1S/C15H17F3N4/c1-9-11(13(19)22-14(20)21-9)7-4-6-10-5-2-3-8-12(10)15(16,17)18/h2-3,5,8H,4,6-7H2,1H3,(H4,19,20,21,22). The van der Waals surface area contributed by atoms with E-state index in [9.17, 15) is 13.2 Å². The number of rotatable bonds is 4. The predicted molar refractivity (Wildman–Crippen MR) is 79.1 cm³/mol. The van der Waals surface area contributed by atoms with E-state index in [1.165, 1.54) is 12.1 Å². The second kappa shape index (κ2) is 6.21. The fourth-order valence-corrected chi connectivity index (χ4v) is 2.42. The zero-order chi connectivity index (χ0) is 16.3. The van der Waals surface area contributed by atoms with Crippen LogP contribution in [0.25, 0.3) is 0 Å². The number of aromatic nitrogens is 2. The Kier molecular flexibility index (Phi) is 4.54. The van der Waals surface area contributed by atoms with Gasteiger partial charge in [0, 0.05) is 11.3 Å². The van der Waals surface area contributed by atoms with Crippen LogP contribution in [0.5, 0.6) is 0 Å². The Bertz CT molecular complexity index is 645. The molecular weight excluding hydrogens is 293 g/mol. The van der Waals surface area contributed by atoms with Crippen molar-refractivity contribution in [1.29, 1.82) is 0 Å². The van der Waals surface area contributed by atoms with E-state index in [1.54, 1.807) is 13.0 Å². The first-order chi connectivity index (χ1) is 10.3. The molecule has 1 heterocycles. The average Bonchev–Trinajstić information content (AvgIpc) is 2.41. The van der Waals surface area contributed by atoms with Gasteiger partial charge in [0.15, 0.2) is 0 Å². The molecule has 0 amide bonds. The fourth-order valence-electron chi connectivity index (χ4n) is 2.42. The molecule has 0 unspecified atom stereocenters. The Labute approximate surface area is 126 Å². The summed E-state index contributed by atoms with van der Waals surface area (Å²) < 4.78 is 38.8. The van der Waals surface area contributed by atoms with Crippen molar-refractivity contribution in [3.05, 3.63) is 46.6 Å². The van der Waals surface area contributed by atoms with Gasteiger partial charge in [-0.1, -0.05) is 18.2 Å². The lowest BCUT2D eigenvalue weighted by molar-refractivity contribution is -0.138. The molecule has 22 heavy (non-hydrogen) atoms. The Balaban J connectivity index is 2.10. The molecule has 2 aromatic rings. The molecule has 0 aliphatic carbocycles. The van der Waals surface area contributed by atoms with Crippen LogP contribution >= 0.6 is 0 Å². The average molecular weight is 310 g/mol. The summed E-state index contributed by atoms with van der Waals surface area (Å²) >= 11 is 0. The zero-order valence-corrected chi connectivity index (χ0v) is 12.1. The summed E-state index contributed by atoms with van der Waals surface area (Å²) in [6.45, 7) is 1.76. The highest BCUT2D eigenvalue weighted by molar-refractivity contribution is 5.45. The summed E-state index contributed by atoms with van der Waals surface area (Å²) in [5, 5.41) is 0. The van der Waals surface area contributed by atoms with Crippen LogP contribution in [0.3, 0.4) is 0 Å². The van der Waals surface area contributed by atoms with Gasteiger partial charge in [-0.15, -0.1) is 0 Å². The number of hydrogen-bond acceptors (Lipinski definition) is 4. The van der Waals surface area contributed by atoms with Crippen LogP contribution in [0.2, 0.25) is 0 Å². The molecule has 0 radical (unpaired) electrons. The van der Waals surface area contributed by atoms with Gasteiger partial charge in [0.05, 0.1) is 5.56 Å². The largest absolute Gasteiger partial charge is 0.416 e. The Morgan fingerprint density at radius 2 is 1.73 bits per heavy atom. The Morgan fingerprint density at radius 3 is 2.36 bits per heavy atom. The first-order valence-corrected chi connectivity index (χ1v) is 6.82. The summed E-state index contributed by atoms with van der Waals surface area (Å²) in [5.74, 6) is 0.385. The van der Waals surface area contributed by atoms with Crippen molar-refractivity contribution >= 4 is 11.8 Å². The molecule has 1 aromatic carbocycles. The van der Waals surface area contributed by atoms with Crippen molar-refractivity contribution in [3.8, 4) is 0 Å². The monoisotopic (exact) mass is 310 g/mol. The molecule has 0 aliphatic rings. The Morgan fingerprint density at radius 1 is 1.05 bits per heavy atom. The number of anilines is 2. The highest BCUT2D eigenvalue weighted by Crippen LogP contribution is 2.32.